The molecule has 9 heteroatoms. The Hall–Kier alpha value is -3.72. The highest BCUT2D eigenvalue weighted by atomic mass is 16.5. The number of likely N-dealkylation sites (tertiary alicyclic amines) is 1. The third-order valence-corrected chi connectivity index (χ3v) is 7.05. The molecule has 0 unspecified atom stereocenters. The van der Waals surface area contributed by atoms with Gasteiger partial charge in [-0.05, 0) is 37.0 Å². The quantitative estimate of drug-likeness (QED) is 0.478. The minimum absolute atomic E-state index is 0.121. The van der Waals surface area contributed by atoms with Crippen molar-refractivity contribution in [3.05, 3.63) is 77.1 Å². The summed E-state index contributed by atoms with van der Waals surface area (Å²) in [4.78, 5) is 28.6. The topological polar surface area (TPSA) is 115 Å². The van der Waals surface area contributed by atoms with Gasteiger partial charge < -0.3 is 20.7 Å². The lowest BCUT2D eigenvalue weighted by molar-refractivity contribution is -0.124. The summed E-state index contributed by atoms with van der Waals surface area (Å²) in [5.41, 5.74) is 9.21. The van der Waals surface area contributed by atoms with Gasteiger partial charge in [0, 0.05) is 49.3 Å². The molecule has 1 saturated heterocycles. The molecule has 9 nitrogen and oxygen atoms in total. The molecule has 1 aliphatic carbocycles. The van der Waals surface area contributed by atoms with Crippen molar-refractivity contribution >= 4 is 11.8 Å². The molecule has 1 aromatic heterocycles. The van der Waals surface area contributed by atoms with E-state index in [-0.39, 0.29) is 17.9 Å². The zero-order valence-electron chi connectivity index (χ0n) is 20.5. The monoisotopic (exact) mass is 488 g/mol. The van der Waals surface area contributed by atoms with Crippen LogP contribution in [0.2, 0.25) is 0 Å². The summed E-state index contributed by atoms with van der Waals surface area (Å²) in [6, 6.07) is 14.5. The smallest absolute Gasteiger partial charge is 0.254 e. The number of benzene rings is 2. The molecule has 2 heterocycles. The van der Waals surface area contributed by atoms with Crippen LogP contribution in [0.4, 0.5) is 0 Å². The average Bonchev–Trinajstić information content (AvgIpc) is 3.47. The molecule has 2 fully saturated rings. The summed E-state index contributed by atoms with van der Waals surface area (Å²) in [6.07, 6.45) is 5.46. The molecule has 188 valence electrons. The summed E-state index contributed by atoms with van der Waals surface area (Å²) >= 11 is 0. The van der Waals surface area contributed by atoms with E-state index in [9.17, 15) is 9.59 Å². The fourth-order valence-corrected chi connectivity index (χ4v) is 4.82. The number of carbonyl (C=O) groups excluding carboxylic acids is 2. The molecule has 2 atom stereocenters. The highest BCUT2D eigenvalue weighted by Gasteiger charge is 2.41. The first-order valence-corrected chi connectivity index (χ1v) is 12.5. The third-order valence-electron chi connectivity index (χ3n) is 7.05. The summed E-state index contributed by atoms with van der Waals surface area (Å²) in [7, 11) is 1.56. The predicted molar refractivity (Wildman–Crippen MR) is 135 cm³/mol. The van der Waals surface area contributed by atoms with Crippen LogP contribution in [-0.2, 0) is 17.8 Å². The molecule has 2 aliphatic rings. The first-order valence-electron chi connectivity index (χ1n) is 12.5. The lowest BCUT2D eigenvalue weighted by atomic mass is 10.1. The largest absolute Gasteiger partial charge is 0.496 e. The van der Waals surface area contributed by atoms with Gasteiger partial charge in [0.15, 0.2) is 0 Å². The molecule has 1 saturated carbocycles. The van der Waals surface area contributed by atoms with Gasteiger partial charge in [-0.25, -0.2) is 4.68 Å². The summed E-state index contributed by atoms with van der Waals surface area (Å²) < 4.78 is 7.25. The SMILES string of the molecule is COc1cc(C(=O)N2C[C@@H](n3cc(C4CC4)nn3)C[C@H]2C(=O)NCCc2ccccc2)ccc1CN. The summed E-state index contributed by atoms with van der Waals surface area (Å²) in [6.45, 7) is 1.19. The normalized spacial score (nSPS) is 19.3. The van der Waals surface area contributed by atoms with Crippen molar-refractivity contribution < 1.29 is 14.3 Å². The standard InChI is InChI=1S/C27H32N6O3/c1-36-25-13-20(9-10-21(25)15-28)27(35)32-16-22(33-17-23(30-31-33)19-7-8-19)14-24(32)26(34)29-12-11-18-5-3-2-4-6-18/h2-6,9-10,13,17,19,22,24H,7-8,11-12,14-16,28H2,1H3,(H,29,34)/t22-,24-/m0/s1. The van der Waals surface area contributed by atoms with Crippen LogP contribution in [0.25, 0.3) is 0 Å². The molecular weight excluding hydrogens is 456 g/mol. The van der Waals surface area contributed by atoms with Gasteiger partial charge in [-0.3, -0.25) is 9.59 Å². The Balaban J connectivity index is 1.34. The fourth-order valence-electron chi connectivity index (χ4n) is 4.82. The maximum atomic E-state index is 13.6. The lowest BCUT2D eigenvalue weighted by Crippen LogP contribution is -2.46. The molecule has 2 aromatic carbocycles. The van der Waals surface area contributed by atoms with E-state index in [0.29, 0.717) is 43.3 Å². The number of hydrogen-bond acceptors (Lipinski definition) is 6. The van der Waals surface area contributed by atoms with Crippen LogP contribution in [-0.4, -0.2) is 57.9 Å². The Morgan fingerprint density at radius 3 is 2.69 bits per heavy atom. The van der Waals surface area contributed by atoms with E-state index in [1.54, 1.807) is 30.2 Å². The molecule has 0 bridgehead atoms. The number of ether oxygens (including phenoxy) is 1. The molecule has 0 spiro atoms. The van der Waals surface area contributed by atoms with E-state index in [0.717, 1.165) is 36.1 Å². The Labute approximate surface area is 210 Å². The highest BCUT2D eigenvalue weighted by molar-refractivity contribution is 5.98. The van der Waals surface area contributed by atoms with Crippen LogP contribution in [0, 0.1) is 0 Å². The van der Waals surface area contributed by atoms with Crippen molar-refractivity contribution in [2.75, 3.05) is 20.2 Å². The maximum Gasteiger partial charge on any atom is 0.254 e. The van der Waals surface area contributed by atoms with E-state index in [1.807, 2.05) is 41.2 Å². The number of aromatic nitrogens is 3. The van der Waals surface area contributed by atoms with Crippen molar-refractivity contribution in [2.24, 2.45) is 5.73 Å². The first-order chi connectivity index (χ1) is 17.6. The van der Waals surface area contributed by atoms with Gasteiger partial charge in [-0.2, -0.15) is 0 Å². The molecule has 0 radical (unpaired) electrons. The number of rotatable bonds is 9. The number of carbonyl (C=O) groups is 2. The molecule has 3 N–H and O–H groups in total. The van der Waals surface area contributed by atoms with Crippen LogP contribution in [0.3, 0.4) is 0 Å². The lowest BCUT2D eigenvalue weighted by Gasteiger charge is -2.24. The van der Waals surface area contributed by atoms with Crippen LogP contribution < -0.4 is 15.8 Å². The van der Waals surface area contributed by atoms with Gasteiger partial charge in [-0.1, -0.05) is 41.6 Å². The second-order valence-electron chi connectivity index (χ2n) is 9.52. The number of nitrogens with one attached hydrogen (secondary N) is 1. The Morgan fingerprint density at radius 1 is 1.17 bits per heavy atom. The van der Waals surface area contributed by atoms with Gasteiger partial charge in [0.25, 0.3) is 5.91 Å². The molecule has 2 amide bonds. The minimum atomic E-state index is -0.605. The van der Waals surface area contributed by atoms with E-state index in [4.69, 9.17) is 10.5 Å². The number of hydrogen-bond donors (Lipinski definition) is 2. The van der Waals surface area contributed by atoms with Crippen molar-refractivity contribution in [3.63, 3.8) is 0 Å². The van der Waals surface area contributed by atoms with E-state index < -0.39 is 6.04 Å². The van der Waals surface area contributed by atoms with E-state index >= 15 is 0 Å². The highest BCUT2D eigenvalue weighted by Crippen LogP contribution is 2.39. The molecule has 3 aromatic rings. The zero-order chi connectivity index (χ0) is 25.1. The van der Waals surface area contributed by atoms with E-state index in [1.165, 1.54) is 0 Å². The number of methoxy groups -OCH3 is 1. The van der Waals surface area contributed by atoms with Crippen LogP contribution >= 0.6 is 0 Å². The second-order valence-corrected chi connectivity index (χ2v) is 9.52. The Kier molecular flexibility index (Phi) is 6.99. The second kappa shape index (κ2) is 10.5. The first kappa shape index (κ1) is 24.0. The maximum absolute atomic E-state index is 13.6. The Morgan fingerprint density at radius 2 is 1.97 bits per heavy atom. The van der Waals surface area contributed by atoms with Gasteiger partial charge in [0.05, 0.1) is 18.8 Å². The predicted octanol–water partition coefficient (Wildman–Crippen LogP) is 2.44. The van der Waals surface area contributed by atoms with Crippen molar-refractivity contribution in [2.45, 2.75) is 50.2 Å². The molecular formula is C27H32N6O3. The minimum Gasteiger partial charge on any atom is -0.496 e. The van der Waals surface area contributed by atoms with Gasteiger partial charge in [0.2, 0.25) is 5.91 Å². The van der Waals surface area contributed by atoms with Gasteiger partial charge >= 0.3 is 0 Å². The average molecular weight is 489 g/mol. The van der Waals surface area contributed by atoms with Gasteiger partial charge in [0.1, 0.15) is 11.8 Å². The van der Waals surface area contributed by atoms with Crippen LogP contribution in [0.5, 0.6) is 5.75 Å². The van der Waals surface area contributed by atoms with Crippen LogP contribution in [0.15, 0.2) is 54.7 Å². The number of amides is 2. The van der Waals surface area contributed by atoms with E-state index in [2.05, 4.69) is 15.6 Å². The molecule has 1 aliphatic heterocycles. The molecule has 36 heavy (non-hydrogen) atoms. The zero-order valence-corrected chi connectivity index (χ0v) is 20.5. The summed E-state index contributed by atoms with van der Waals surface area (Å²) in [5, 5.41) is 11.7. The van der Waals surface area contributed by atoms with Crippen molar-refractivity contribution in [3.8, 4) is 5.75 Å². The third kappa shape index (κ3) is 5.11. The molecule has 5 rings (SSSR count). The van der Waals surface area contributed by atoms with Crippen molar-refractivity contribution in [1.82, 2.24) is 25.2 Å². The Bertz CT molecular complexity index is 1220. The fraction of sp³-hybridized carbons (Fsp3) is 0.407. The number of nitrogens with zero attached hydrogens (tertiary/aromatic N) is 4. The summed E-state index contributed by atoms with van der Waals surface area (Å²) in [5.74, 6) is 0.678. The van der Waals surface area contributed by atoms with Gasteiger partial charge in [-0.15, -0.1) is 5.10 Å². The van der Waals surface area contributed by atoms with Crippen LogP contribution in [0.1, 0.15) is 58.4 Å². The van der Waals surface area contributed by atoms with Crippen molar-refractivity contribution in [1.29, 1.82) is 0 Å². The number of nitrogens with two attached hydrogens (primary N) is 1.